The average molecular weight is 292 g/mol. The predicted molar refractivity (Wildman–Crippen MR) is 65.4 cm³/mol. The van der Waals surface area contributed by atoms with E-state index in [4.69, 9.17) is 10.5 Å². The molecule has 0 atom stereocenters. The molecule has 1 aromatic rings. The largest absolute Gasteiger partial charge is 0.493 e. The molecule has 0 radical (unpaired) electrons. The van der Waals surface area contributed by atoms with Gasteiger partial charge >= 0.3 is 6.18 Å². The molecule has 0 aromatic heterocycles. The van der Waals surface area contributed by atoms with Gasteiger partial charge in [0.25, 0.3) is 0 Å². The summed E-state index contributed by atoms with van der Waals surface area (Å²) in [4.78, 5) is 11.0. The maximum Gasteiger partial charge on any atom is 0.422 e. The van der Waals surface area contributed by atoms with Crippen LogP contribution in [0.2, 0.25) is 0 Å². The first kappa shape index (κ1) is 16.1. The maximum absolute atomic E-state index is 12.1. The Morgan fingerprint density at radius 2 is 2.05 bits per heavy atom. The molecule has 0 heterocycles. The number of alkyl halides is 3. The summed E-state index contributed by atoms with van der Waals surface area (Å²) in [5, 5.41) is 2.54. The number of rotatable bonds is 6. The Morgan fingerprint density at radius 3 is 2.60 bits per heavy atom. The molecule has 5 nitrogen and oxygen atoms in total. The molecule has 0 saturated heterocycles. The topological polar surface area (TPSA) is 73.6 Å². The van der Waals surface area contributed by atoms with Gasteiger partial charge in [-0.1, -0.05) is 6.07 Å². The maximum atomic E-state index is 12.1. The molecule has 8 heteroatoms. The number of methoxy groups -OCH3 is 1. The van der Waals surface area contributed by atoms with E-state index in [1.165, 1.54) is 25.3 Å². The Bertz CT molecular complexity index is 464. The minimum atomic E-state index is -4.42. The lowest BCUT2D eigenvalue weighted by Gasteiger charge is -2.13. The molecule has 0 spiro atoms. The van der Waals surface area contributed by atoms with Crippen LogP contribution in [0.1, 0.15) is 5.56 Å². The van der Waals surface area contributed by atoms with Gasteiger partial charge in [-0.2, -0.15) is 13.2 Å². The van der Waals surface area contributed by atoms with Crippen molar-refractivity contribution in [1.82, 2.24) is 5.32 Å². The standard InChI is InChI=1S/C12H15F3N2O3/c1-19-10-4-8(6-17-11(18)5-16)2-3-9(10)20-7-12(13,14)15/h2-4H,5-7,16H2,1H3,(H,17,18). The highest BCUT2D eigenvalue weighted by molar-refractivity contribution is 5.77. The normalized spacial score (nSPS) is 11.1. The van der Waals surface area contributed by atoms with E-state index in [9.17, 15) is 18.0 Å². The van der Waals surface area contributed by atoms with E-state index in [2.05, 4.69) is 10.1 Å². The smallest absolute Gasteiger partial charge is 0.422 e. The number of nitrogens with one attached hydrogen (secondary N) is 1. The second-order valence-corrected chi connectivity index (χ2v) is 3.87. The zero-order chi connectivity index (χ0) is 15.2. The Balaban J connectivity index is 2.72. The molecule has 0 aliphatic carbocycles. The summed E-state index contributed by atoms with van der Waals surface area (Å²) in [5.41, 5.74) is 5.79. The van der Waals surface area contributed by atoms with Gasteiger partial charge in [0, 0.05) is 6.54 Å². The molecular weight excluding hydrogens is 277 g/mol. The Labute approximate surface area is 113 Å². The second-order valence-electron chi connectivity index (χ2n) is 3.87. The van der Waals surface area contributed by atoms with Crippen molar-refractivity contribution in [2.24, 2.45) is 5.73 Å². The minimum Gasteiger partial charge on any atom is -0.493 e. The Kier molecular flexibility index (Phi) is 5.63. The third-order valence-electron chi connectivity index (χ3n) is 2.29. The summed E-state index contributed by atoms with van der Waals surface area (Å²) >= 11 is 0. The summed E-state index contributed by atoms with van der Waals surface area (Å²) < 4.78 is 45.8. The predicted octanol–water partition coefficient (Wildman–Crippen LogP) is 1.21. The van der Waals surface area contributed by atoms with E-state index < -0.39 is 12.8 Å². The molecule has 0 saturated carbocycles. The van der Waals surface area contributed by atoms with Gasteiger partial charge in [0.05, 0.1) is 13.7 Å². The second kappa shape index (κ2) is 6.99. The fourth-order valence-corrected chi connectivity index (χ4v) is 1.37. The van der Waals surface area contributed by atoms with Crippen molar-refractivity contribution in [2.75, 3.05) is 20.3 Å². The van der Waals surface area contributed by atoms with Gasteiger partial charge in [-0.3, -0.25) is 4.79 Å². The number of hydrogen-bond acceptors (Lipinski definition) is 4. The van der Waals surface area contributed by atoms with E-state index in [1.807, 2.05) is 0 Å². The van der Waals surface area contributed by atoms with Crippen LogP contribution in [0.15, 0.2) is 18.2 Å². The average Bonchev–Trinajstić information content (AvgIpc) is 2.41. The molecule has 3 N–H and O–H groups in total. The van der Waals surface area contributed by atoms with Gasteiger partial charge in [-0.05, 0) is 17.7 Å². The quantitative estimate of drug-likeness (QED) is 0.826. The molecule has 112 valence electrons. The van der Waals surface area contributed by atoms with Gasteiger partial charge in [-0.25, -0.2) is 0 Å². The van der Waals surface area contributed by atoms with Gasteiger partial charge in [0.2, 0.25) is 5.91 Å². The number of halogens is 3. The van der Waals surface area contributed by atoms with Crippen molar-refractivity contribution in [3.63, 3.8) is 0 Å². The Hall–Kier alpha value is -1.96. The summed E-state index contributed by atoms with van der Waals surface area (Å²) in [6.07, 6.45) is -4.42. The zero-order valence-electron chi connectivity index (χ0n) is 10.8. The van der Waals surface area contributed by atoms with Crippen LogP contribution in [-0.2, 0) is 11.3 Å². The van der Waals surface area contributed by atoms with Crippen LogP contribution in [0.25, 0.3) is 0 Å². The molecule has 0 bridgehead atoms. The zero-order valence-corrected chi connectivity index (χ0v) is 10.8. The first-order valence-electron chi connectivity index (χ1n) is 5.69. The summed E-state index contributed by atoms with van der Waals surface area (Å²) in [6.45, 7) is -1.33. The molecule has 1 amide bonds. The molecule has 0 aliphatic rings. The van der Waals surface area contributed by atoms with Crippen LogP contribution in [-0.4, -0.2) is 32.3 Å². The number of ether oxygens (including phenoxy) is 2. The molecule has 0 fully saturated rings. The first-order chi connectivity index (χ1) is 9.35. The molecule has 20 heavy (non-hydrogen) atoms. The van der Waals surface area contributed by atoms with Crippen LogP contribution in [0, 0.1) is 0 Å². The summed E-state index contributed by atoms with van der Waals surface area (Å²) in [6, 6.07) is 4.38. The lowest BCUT2D eigenvalue weighted by atomic mass is 10.2. The SMILES string of the molecule is COc1cc(CNC(=O)CN)ccc1OCC(F)(F)F. The fraction of sp³-hybridized carbons (Fsp3) is 0.417. The minimum absolute atomic E-state index is 0.0151. The Morgan fingerprint density at radius 1 is 1.35 bits per heavy atom. The number of benzene rings is 1. The van der Waals surface area contributed by atoms with E-state index in [1.54, 1.807) is 0 Å². The van der Waals surface area contributed by atoms with E-state index in [-0.39, 0.29) is 30.5 Å². The number of amides is 1. The van der Waals surface area contributed by atoms with E-state index >= 15 is 0 Å². The number of hydrogen-bond donors (Lipinski definition) is 2. The van der Waals surface area contributed by atoms with Crippen LogP contribution in [0.5, 0.6) is 11.5 Å². The van der Waals surface area contributed by atoms with Crippen LogP contribution >= 0.6 is 0 Å². The molecule has 1 rings (SSSR count). The van der Waals surface area contributed by atoms with E-state index in [0.29, 0.717) is 5.56 Å². The van der Waals surface area contributed by atoms with Crippen molar-refractivity contribution in [3.8, 4) is 11.5 Å². The third kappa shape index (κ3) is 5.35. The first-order valence-corrected chi connectivity index (χ1v) is 5.69. The van der Waals surface area contributed by atoms with Gasteiger partial charge < -0.3 is 20.5 Å². The van der Waals surface area contributed by atoms with Crippen molar-refractivity contribution < 1.29 is 27.4 Å². The molecule has 0 aliphatic heterocycles. The number of carbonyl (C=O) groups is 1. The number of carbonyl (C=O) groups excluding carboxylic acids is 1. The number of nitrogens with two attached hydrogens (primary N) is 1. The van der Waals surface area contributed by atoms with Crippen LogP contribution in [0.4, 0.5) is 13.2 Å². The van der Waals surface area contributed by atoms with Crippen LogP contribution in [0.3, 0.4) is 0 Å². The van der Waals surface area contributed by atoms with Crippen molar-refractivity contribution >= 4 is 5.91 Å². The third-order valence-corrected chi connectivity index (χ3v) is 2.29. The lowest BCUT2D eigenvalue weighted by Crippen LogP contribution is -2.29. The fourth-order valence-electron chi connectivity index (χ4n) is 1.37. The van der Waals surface area contributed by atoms with Gasteiger partial charge in [0.1, 0.15) is 0 Å². The van der Waals surface area contributed by atoms with Gasteiger partial charge in [0.15, 0.2) is 18.1 Å². The molecule has 0 unspecified atom stereocenters. The highest BCUT2D eigenvalue weighted by Crippen LogP contribution is 2.29. The molecule has 1 aromatic carbocycles. The molecular formula is C12H15F3N2O3. The summed E-state index contributed by atoms with van der Waals surface area (Å²) in [7, 11) is 1.32. The van der Waals surface area contributed by atoms with Crippen molar-refractivity contribution in [3.05, 3.63) is 23.8 Å². The van der Waals surface area contributed by atoms with Crippen LogP contribution < -0.4 is 20.5 Å². The van der Waals surface area contributed by atoms with Gasteiger partial charge in [-0.15, -0.1) is 0 Å². The lowest BCUT2D eigenvalue weighted by molar-refractivity contribution is -0.153. The highest BCUT2D eigenvalue weighted by atomic mass is 19.4. The van der Waals surface area contributed by atoms with E-state index in [0.717, 1.165) is 0 Å². The monoisotopic (exact) mass is 292 g/mol. The highest BCUT2D eigenvalue weighted by Gasteiger charge is 2.29. The van der Waals surface area contributed by atoms with Crippen molar-refractivity contribution in [2.45, 2.75) is 12.7 Å². The summed E-state index contributed by atoms with van der Waals surface area (Å²) in [5.74, 6) is -0.186. The van der Waals surface area contributed by atoms with Crippen molar-refractivity contribution in [1.29, 1.82) is 0 Å².